The fourth-order valence-electron chi connectivity index (χ4n) is 2.23. The van der Waals surface area contributed by atoms with Crippen molar-refractivity contribution < 1.29 is 9.47 Å². The van der Waals surface area contributed by atoms with E-state index in [1.54, 1.807) is 12.5 Å². The summed E-state index contributed by atoms with van der Waals surface area (Å²) in [5.74, 6) is 0. The van der Waals surface area contributed by atoms with Crippen molar-refractivity contribution in [3.05, 3.63) is 12.5 Å². The highest BCUT2D eigenvalue weighted by atomic mass is 16.7. The number of rotatable bonds is 3. The summed E-state index contributed by atoms with van der Waals surface area (Å²) >= 11 is 0. The Morgan fingerprint density at radius 3 is 1.95 bits per heavy atom. The molecule has 2 rings (SSSR count). The van der Waals surface area contributed by atoms with Crippen LogP contribution in [0.1, 0.15) is 6.42 Å². The Bertz CT molecular complexity index is 243. The van der Waals surface area contributed by atoms with Crippen LogP contribution < -0.4 is 16.0 Å². The van der Waals surface area contributed by atoms with Crippen molar-refractivity contribution in [1.82, 2.24) is 20.9 Å². The van der Waals surface area contributed by atoms with E-state index in [0.29, 0.717) is 0 Å². The molecule has 6 heteroatoms. The van der Waals surface area contributed by atoms with E-state index in [4.69, 9.17) is 9.47 Å². The number of nitrogens with zero attached hydrogens (tertiary/aromatic N) is 1. The van der Waals surface area contributed by atoms with Gasteiger partial charge in [-0.25, -0.2) is 0 Å². The standard InChI is InChI=1S/C13H26N4O2/c1(13-18-11-12-19-13)8-17-9-6-15-4-2-14-3-5-16-7-10-17/h11-16H,1-10H2. The third-order valence-corrected chi connectivity index (χ3v) is 3.36. The smallest absolute Gasteiger partial charge is 0.240 e. The molecule has 0 aromatic rings. The molecule has 0 radical (unpaired) electrons. The van der Waals surface area contributed by atoms with Gasteiger partial charge >= 0.3 is 0 Å². The first-order chi connectivity index (χ1) is 9.45. The van der Waals surface area contributed by atoms with Gasteiger partial charge in [-0.05, 0) is 0 Å². The Morgan fingerprint density at radius 1 is 0.842 bits per heavy atom. The van der Waals surface area contributed by atoms with Crippen LogP contribution in [0.2, 0.25) is 0 Å². The molecule has 1 saturated heterocycles. The lowest BCUT2D eigenvalue weighted by Gasteiger charge is -2.24. The molecule has 3 N–H and O–H groups in total. The van der Waals surface area contributed by atoms with E-state index in [1.807, 2.05) is 0 Å². The Balaban J connectivity index is 1.65. The molecule has 0 aliphatic carbocycles. The van der Waals surface area contributed by atoms with Crippen LogP contribution in [0.5, 0.6) is 0 Å². The maximum absolute atomic E-state index is 5.31. The molecule has 0 saturated carbocycles. The van der Waals surface area contributed by atoms with Crippen molar-refractivity contribution in [1.29, 1.82) is 0 Å². The van der Waals surface area contributed by atoms with E-state index >= 15 is 0 Å². The van der Waals surface area contributed by atoms with Crippen LogP contribution in [0.15, 0.2) is 12.5 Å². The van der Waals surface area contributed by atoms with E-state index in [9.17, 15) is 0 Å². The van der Waals surface area contributed by atoms with Crippen LogP contribution in [0.3, 0.4) is 0 Å². The monoisotopic (exact) mass is 270 g/mol. The van der Waals surface area contributed by atoms with Crippen LogP contribution in [-0.2, 0) is 9.47 Å². The first kappa shape index (κ1) is 14.6. The van der Waals surface area contributed by atoms with Gasteiger partial charge in [-0.15, -0.1) is 0 Å². The van der Waals surface area contributed by atoms with Crippen molar-refractivity contribution in [2.24, 2.45) is 0 Å². The summed E-state index contributed by atoms with van der Waals surface area (Å²) in [6.07, 6.45) is 4.06. The highest BCUT2D eigenvalue weighted by Crippen LogP contribution is 2.09. The number of hydrogen-bond donors (Lipinski definition) is 3. The molecular weight excluding hydrogens is 244 g/mol. The average Bonchev–Trinajstić information content (AvgIpc) is 2.91. The van der Waals surface area contributed by atoms with Gasteiger partial charge in [-0.3, -0.25) is 0 Å². The summed E-state index contributed by atoms with van der Waals surface area (Å²) in [7, 11) is 0. The first-order valence-corrected chi connectivity index (χ1v) is 7.25. The second-order valence-electron chi connectivity index (χ2n) is 4.85. The predicted molar refractivity (Wildman–Crippen MR) is 74.8 cm³/mol. The third-order valence-electron chi connectivity index (χ3n) is 3.36. The van der Waals surface area contributed by atoms with Crippen molar-refractivity contribution in [3.63, 3.8) is 0 Å². The molecule has 110 valence electrons. The summed E-state index contributed by atoms with van der Waals surface area (Å²) in [4.78, 5) is 2.46. The molecule has 6 nitrogen and oxygen atoms in total. The lowest BCUT2D eigenvalue weighted by atomic mass is 10.3. The lowest BCUT2D eigenvalue weighted by Crippen LogP contribution is -2.42. The van der Waals surface area contributed by atoms with E-state index in [1.165, 1.54) is 0 Å². The molecule has 2 aliphatic heterocycles. The van der Waals surface area contributed by atoms with Gasteiger partial charge in [0.15, 0.2) is 0 Å². The van der Waals surface area contributed by atoms with Crippen molar-refractivity contribution in [2.75, 3.05) is 58.9 Å². The Morgan fingerprint density at radius 2 is 1.37 bits per heavy atom. The van der Waals surface area contributed by atoms with Crippen LogP contribution in [0, 0.1) is 0 Å². The SMILES string of the molecule is C1=COC(CCN2CCNCCNCCNCC2)O1. The molecule has 1 fully saturated rings. The number of ether oxygens (including phenoxy) is 2. The van der Waals surface area contributed by atoms with Crippen LogP contribution in [0.25, 0.3) is 0 Å². The molecule has 0 aromatic heterocycles. The van der Waals surface area contributed by atoms with E-state index < -0.39 is 0 Å². The average molecular weight is 270 g/mol. The van der Waals surface area contributed by atoms with Gasteiger partial charge in [0.1, 0.15) is 12.5 Å². The zero-order valence-electron chi connectivity index (χ0n) is 11.6. The third kappa shape index (κ3) is 6.24. The van der Waals surface area contributed by atoms with Crippen molar-refractivity contribution in [3.8, 4) is 0 Å². The summed E-state index contributed by atoms with van der Waals surface area (Å²) in [5.41, 5.74) is 0. The molecule has 0 atom stereocenters. The number of nitrogens with one attached hydrogen (secondary N) is 3. The highest BCUT2D eigenvalue weighted by Gasteiger charge is 2.14. The van der Waals surface area contributed by atoms with Gasteiger partial charge in [0.05, 0.1) is 0 Å². The molecule has 2 aliphatic rings. The summed E-state index contributed by atoms with van der Waals surface area (Å²) < 4.78 is 10.6. The molecule has 0 amide bonds. The maximum Gasteiger partial charge on any atom is 0.240 e. The van der Waals surface area contributed by atoms with Gasteiger partial charge in [0, 0.05) is 65.3 Å². The normalized spacial score (nSPS) is 24.2. The van der Waals surface area contributed by atoms with Crippen molar-refractivity contribution in [2.45, 2.75) is 12.7 Å². The van der Waals surface area contributed by atoms with E-state index in [2.05, 4.69) is 20.9 Å². The van der Waals surface area contributed by atoms with Gasteiger partial charge < -0.3 is 30.3 Å². The molecule has 0 aromatic carbocycles. The minimum atomic E-state index is -0.0912. The fourth-order valence-corrected chi connectivity index (χ4v) is 2.23. The van der Waals surface area contributed by atoms with E-state index in [-0.39, 0.29) is 6.29 Å². The molecular formula is C13H26N4O2. The second kappa shape index (κ2) is 9.14. The lowest BCUT2D eigenvalue weighted by molar-refractivity contribution is -0.0335. The Kier molecular flexibility index (Phi) is 7.02. The van der Waals surface area contributed by atoms with Crippen LogP contribution in [-0.4, -0.2) is 70.1 Å². The largest absolute Gasteiger partial charge is 0.459 e. The van der Waals surface area contributed by atoms with Crippen LogP contribution in [0.4, 0.5) is 0 Å². The molecule has 2 heterocycles. The zero-order valence-corrected chi connectivity index (χ0v) is 11.6. The first-order valence-electron chi connectivity index (χ1n) is 7.25. The summed E-state index contributed by atoms with van der Waals surface area (Å²) in [6, 6.07) is 0. The minimum absolute atomic E-state index is 0.0912. The molecule has 0 bridgehead atoms. The second-order valence-corrected chi connectivity index (χ2v) is 4.85. The minimum Gasteiger partial charge on any atom is -0.459 e. The van der Waals surface area contributed by atoms with Crippen LogP contribution >= 0.6 is 0 Å². The maximum atomic E-state index is 5.31. The number of hydrogen-bond acceptors (Lipinski definition) is 6. The quantitative estimate of drug-likeness (QED) is 0.631. The van der Waals surface area contributed by atoms with E-state index in [0.717, 1.165) is 65.3 Å². The topological polar surface area (TPSA) is 57.8 Å². The van der Waals surface area contributed by atoms with Crippen molar-refractivity contribution >= 4 is 0 Å². The van der Waals surface area contributed by atoms with Gasteiger partial charge in [-0.1, -0.05) is 0 Å². The zero-order chi connectivity index (χ0) is 13.2. The molecule has 0 unspecified atom stereocenters. The molecule has 19 heavy (non-hydrogen) atoms. The summed E-state index contributed by atoms with van der Waals surface area (Å²) in [5, 5.41) is 10.3. The van der Waals surface area contributed by atoms with Gasteiger partial charge in [-0.2, -0.15) is 0 Å². The van der Waals surface area contributed by atoms with Gasteiger partial charge in [0.2, 0.25) is 6.29 Å². The Labute approximate surface area is 115 Å². The fraction of sp³-hybridized carbons (Fsp3) is 0.846. The summed E-state index contributed by atoms with van der Waals surface area (Å²) in [6.45, 7) is 9.36. The Hall–Kier alpha value is -0.820. The predicted octanol–water partition coefficient (Wildman–Crippen LogP) is -0.695. The highest BCUT2D eigenvalue weighted by molar-refractivity contribution is 4.73. The molecule has 0 spiro atoms. The van der Waals surface area contributed by atoms with Gasteiger partial charge in [0.25, 0.3) is 0 Å².